The van der Waals surface area contributed by atoms with E-state index in [2.05, 4.69) is 57.4 Å². The zero-order chi connectivity index (χ0) is 26.6. The minimum Gasteiger partial charge on any atom is -0.479 e. The second-order valence-electron chi connectivity index (χ2n) is 10.2. The van der Waals surface area contributed by atoms with Crippen LogP contribution in [0.2, 0.25) is 0 Å². The summed E-state index contributed by atoms with van der Waals surface area (Å²) in [6, 6.07) is 8.27. The van der Waals surface area contributed by atoms with Crippen LogP contribution < -0.4 is 10.1 Å². The Bertz CT molecular complexity index is 1370. The maximum Gasteiger partial charge on any atom is 0.244 e. The Labute approximate surface area is 222 Å². The highest BCUT2D eigenvalue weighted by Gasteiger charge is 2.29. The smallest absolute Gasteiger partial charge is 0.244 e. The number of piperidine rings is 1. The largest absolute Gasteiger partial charge is 0.479 e. The molecule has 3 aromatic heterocycles. The minimum atomic E-state index is -0.907. The lowest BCUT2D eigenvalue weighted by atomic mass is 9.95. The summed E-state index contributed by atoms with van der Waals surface area (Å²) in [5.74, 6) is 0.771. The van der Waals surface area contributed by atoms with Gasteiger partial charge in [-0.1, -0.05) is 18.2 Å². The maximum atomic E-state index is 14.9. The van der Waals surface area contributed by atoms with Crippen LogP contribution in [0.3, 0.4) is 0 Å². The number of benzene rings is 1. The molecule has 1 N–H and O–H groups in total. The zero-order valence-corrected chi connectivity index (χ0v) is 22.6. The molecule has 38 heavy (non-hydrogen) atoms. The maximum absolute atomic E-state index is 14.9. The molecule has 0 saturated carbocycles. The van der Waals surface area contributed by atoms with Crippen molar-refractivity contribution < 1.29 is 13.9 Å². The lowest BCUT2D eigenvalue weighted by molar-refractivity contribution is 0.0549. The van der Waals surface area contributed by atoms with Crippen molar-refractivity contribution in [3.63, 3.8) is 0 Å². The van der Waals surface area contributed by atoms with Crippen LogP contribution in [0.25, 0.3) is 27.7 Å². The number of ether oxygens (including phenoxy) is 2. The number of alkyl halides is 1. The number of hydrogen-bond donors (Lipinski definition) is 1. The Hall–Kier alpha value is -3.31. The quantitative estimate of drug-likeness (QED) is 0.291. The van der Waals surface area contributed by atoms with E-state index in [4.69, 9.17) is 9.47 Å². The first kappa shape index (κ1) is 26.3. The second kappa shape index (κ2) is 11.6. The van der Waals surface area contributed by atoms with Crippen molar-refractivity contribution in [2.45, 2.75) is 45.8 Å². The van der Waals surface area contributed by atoms with Crippen molar-refractivity contribution in [1.82, 2.24) is 34.5 Å². The first-order chi connectivity index (χ1) is 18.5. The number of hydrogen-bond acceptors (Lipinski definition) is 8. The number of halogens is 1. The van der Waals surface area contributed by atoms with E-state index in [1.54, 1.807) is 11.6 Å². The monoisotopic (exact) mass is 524 g/mol. The molecule has 5 rings (SSSR count). The lowest BCUT2D eigenvalue weighted by Gasteiger charge is -2.34. The van der Waals surface area contributed by atoms with Crippen molar-refractivity contribution >= 4 is 22.5 Å². The van der Waals surface area contributed by atoms with Crippen molar-refractivity contribution in [3.05, 3.63) is 30.5 Å². The first-order valence-electron chi connectivity index (χ1n) is 13.4. The molecular weight excluding hydrogens is 487 g/mol. The predicted molar refractivity (Wildman–Crippen MR) is 145 cm³/mol. The van der Waals surface area contributed by atoms with Gasteiger partial charge in [-0.05, 0) is 57.0 Å². The summed E-state index contributed by atoms with van der Waals surface area (Å²) in [6.07, 6.45) is 2.76. The van der Waals surface area contributed by atoms with Crippen molar-refractivity contribution in [3.8, 4) is 17.0 Å². The number of nitrogens with one attached hydrogen (secondary N) is 1. The molecule has 4 heterocycles. The molecule has 0 bridgehead atoms. The molecule has 1 aliphatic rings. The van der Waals surface area contributed by atoms with Gasteiger partial charge in [-0.25, -0.2) is 13.6 Å². The Balaban J connectivity index is 1.30. The van der Waals surface area contributed by atoms with Gasteiger partial charge in [0.05, 0.1) is 19.2 Å². The standard InChI is InChI=1S/C27H37FN8O2/c1-5-13-38-14-12-34-10-8-20(22(28)17-34)16-29-27-30-26(37-4)25-21(9-11-35(25)32-27)19-6-7-23-24(15-19)36(18(2)3)33-31-23/h6-7,9,11,15,18,20,22H,5,8,10,12-14,16-17H2,1-4H3,(H,29,32)/t20-,22-/m1/s1. The van der Waals surface area contributed by atoms with Gasteiger partial charge in [0.25, 0.3) is 0 Å². The number of nitrogens with zero attached hydrogens (tertiary/aromatic N) is 7. The molecule has 1 fully saturated rings. The average molecular weight is 525 g/mol. The molecule has 2 atom stereocenters. The molecule has 1 aromatic carbocycles. The van der Waals surface area contributed by atoms with E-state index in [1.807, 2.05) is 29.1 Å². The van der Waals surface area contributed by atoms with Crippen LogP contribution in [0.5, 0.6) is 5.88 Å². The molecule has 4 aromatic rings. The van der Waals surface area contributed by atoms with Crippen LogP contribution in [-0.4, -0.2) is 87.2 Å². The van der Waals surface area contributed by atoms with Crippen LogP contribution in [0.1, 0.15) is 39.7 Å². The van der Waals surface area contributed by atoms with E-state index in [1.165, 1.54) is 0 Å². The van der Waals surface area contributed by atoms with Crippen LogP contribution in [-0.2, 0) is 4.74 Å². The predicted octanol–water partition coefficient (Wildman–Crippen LogP) is 4.23. The molecule has 0 spiro atoms. The van der Waals surface area contributed by atoms with E-state index in [0.717, 1.165) is 60.2 Å². The Kier molecular flexibility index (Phi) is 8.04. The number of likely N-dealkylation sites (tertiary alicyclic amines) is 1. The fourth-order valence-electron chi connectivity index (χ4n) is 5.04. The molecule has 1 aliphatic heterocycles. The number of fused-ring (bicyclic) bond motifs is 2. The second-order valence-corrected chi connectivity index (χ2v) is 10.2. The minimum absolute atomic E-state index is 0.0977. The highest BCUT2D eigenvalue weighted by atomic mass is 19.1. The SMILES string of the molecule is CCCOCCN1CC[C@H](CNc2nc(OC)c3c(-c4ccc5nnn(C(C)C)c5c4)ccn3n2)[C@H](F)C1. The summed E-state index contributed by atoms with van der Waals surface area (Å²) in [6.45, 7) is 10.2. The third-order valence-corrected chi connectivity index (χ3v) is 7.13. The lowest BCUT2D eigenvalue weighted by Crippen LogP contribution is -2.45. The number of rotatable bonds is 11. The summed E-state index contributed by atoms with van der Waals surface area (Å²) in [5.41, 5.74) is 4.53. The van der Waals surface area contributed by atoms with Gasteiger partial charge in [-0.3, -0.25) is 4.90 Å². The van der Waals surface area contributed by atoms with Gasteiger partial charge in [-0.15, -0.1) is 10.2 Å². The highest BCUT2D eigenvalue weighted by Crippen LogP contribution is 2.33. The Morgan fingerprint density at radius 3 is 2.84 bits per heavy atom. The Morgan fingerprint density at radius 1 is 1.21 bits per heavy atom. The summed E-state index contributed by atoms with van der Waals surface area (Å²) in [4.78, 5) is 6.76. The van der Waals surface area contributed by atoms with Crippen molar-refractivity contribution in [1.29, 1.82) is 0 Å². The van der Waals surface area contributed by atoms with Gasteiger partial charge in [0.2, 0.25) is 11.8 Å². The zero-order valence-electron chi connectivity index (χ0n) is 22.6. The van der Waals surface area contributed by atoms with E-state index in [-0.39, 0.29) is 12.0 Å². The van der Waals surface area contributed by atoms with E-state index in [9.17, 15) is 4.39 Å². The molecular formula is C27H37FN8O2. The van der Waals surface area contributed by atoms with Crippen molar-refractivity contribution in [2.75, 3.05) is 51.8 Å². The van der Waals surface area contributed by atoms with Crippen LogP contribution in [0, 0.1) is 5.92 Å². The normalized spacial score (nSPS) is 18.6. The molecule has 0 radical (unpaired) electrons. The van der Waals surface area contributed by atoms with Crippen LogP contribution >= 0.6 is 0 Å². The fourth-order valence-corrected chi connectivity index (χ4v) is 5.04. The van der Waals surface area contributed by atoms with Crippen LogP contribution in [0.15, 0.2) is 30.5 Å². The summed E-state index contributed by atoms with van der Waals surface area (Å²) >= 11 is 0. The van der Waals surface area contributed by atoms with Gasteiger partial charge < -0.3 is 14.8 Å². The van der Waals surface area contributed by atoms with Gasteiger partial charge >= 0.3 is 0 Å². The molecule has 11 heteroatoms. The molecule has 0 amide bonds. The van der Waals surface area contributed by atoms with E-state index in [0.29, 0.717) is 31.5 Å². The van der Waals surface area contributed by atoms with Gasteiger partial charge in [0.15, 0.2) is 0 Å². The van der Waals surface area contributed by atoms with Crippen LogP contribution in [0.4, 0.5) is 10.3 Å². The number of aromatic nitrogens is 6. The third-order valence-electron chi connectivity index (χ3n) is 7.13. The van der Waals surface area contributed by atoms with Gasteiger partial charge in [0, 0.05) is 50.0 Å². The molecule has 0 unspecified atom stereocenters. The summed E-state index contributed by atoms with van der Waals surface area (Å²) in [5, 5.41) is 16.5. The summed E-state index contributed by atoms with van der Waals surface area (Å²) in [7, 11) is 1.60. The van der Waals surface area contributed by atoms with Gasteiger partial charge in [0.1, 0.15) is 17.2 Å². The number of anilines is 1. The fraction of sp³-hybridized carbons (Fsp3) is 0.556. The van der Waals surface area contributed by atoms with E-state index >= 15 is 0 Å². The number of methoxy groups -OCH3 is 1. The molecule has 1 saturated heterocycles. The molecule has 0 aliphatic carbocycles. The first-order valence-corrected chi connectivity index (χ1v) is 13.4. The Morgan fingerprint density at radius 2 is 2.08 bits per heavy atom. The van der Waals surface area contributed by atoms with E-state index < -0.39 is 6.17 Å². The molecule has 204 valence electrons. The summed E-state index contributed by atoms with van der Waals surface area (Å²) < 4.78 is 29.8. The topological polar surface area (TPSA) is 94.6 Å². The van der Waals surface area contributed by atoms with Crippen molar-refractivity contribution in [2.24, 2.45) is 5.92 Å². The average Bonchev–Trinajstić information content (AvgIpc) is 3.54. The molecule has 10 nitrogen and oxygen atoms in total. The highest BCUT2D eigenvalue weighted by molar-refractivity contribution is 5.89. The van der Waals surface area contributed by atoms with Gasteiger partial charge in [-0.2, -0.15) is 4.98 Å². The third kappa shape index (κ3) is 5.44.